The first kappa shape index (κ1) is 25.6. The molecule has 0 bridgehead atoms. The smallest absolute Gasteiger partial charge is 0.320 e. The normalized spacial score (nSPS) is 22.3. The summed E-state index contributed by atoms with van der Waals surface area (Å²) in [5, 5.41) is 15.9. The van der Waals surface area contributed by atoms with Crippen LogP contribution in [0.2, 0.25) is 0 Å². The maximum Gasteiger partial charge on any atom is 0.320 e. The van der Waals surface area contributed by atoms with Crippen molar-refractivity contribution in [3.8, 4) is 11.3 Å². The van der Waals surface area contributed by atoms with E-state index in [4.69, 9.17) is 9.84 Å². The number of anilines is 1. The van der Waals surface area contributed by atoms with E-state index in [1.54, 1.807) is 11.8 Å². The second-order valence-electron chi connectivity index (χ2n) is 11.0. The molecule has 6 rings (SSSR count). The highest BCUT2D eigenvalue weighted by atomic mass is 16.5. The van der Waals surface area contributed by atoms with E-state index in [0.29, 0.717) is 12.4 Å². The van der Waals surface area contributed by atoms with Gasteiger partial charge in [-0.3, -0.25) is 14.9 Å². The highest BCUT2D eigenvalue weighted by molar-refractivity contribution is 5.91. The molecule has 2 aliphatic carbocycles. The van der Waals surface area contributed by atoms with Gasteiger partial charge in [0, 0.05) is 62.2 Å². The number of rotatable bonds is 7. The highest BCUT2D eigenvalue weighted by Gasteiger charge is 2.51. The van der Waals surface area contributed by atoms with Crippen molar-refractivity contribution in [2.24, 2.45) is 7.05 Å². The number of ether oxygens (including phenoxy) is 1. The van der Waals surface area contributed by atoms with Crippen molar-refractivity contribution in [1.82, 2.24) is 29.8 Å². The Morgan fingerprint density at radius 3 is 2.90 bits per heavy atom. The number of amides is 2. The zero-order valence-corrected chi connectivity index (χ0v) is 23.0. The van der Waals surface area contributed by atoms with Gasteiger partial charge in [-0.2, -0.15) is 10.2 Å². The number of nitrogens with zero attached hydrogens (tertiary/aromatic N) is 5. The van der Waals surface area contributed by atoms with Gasteiger partial charge in [-0.05, 0) is 49.8 Å². The van der Waals surface area contributed by atoms with Crippen molar-refractivity contribution >= 4 is 17.5 Å². The lowest BCUT2D eigenvalue weighted by Gasteiger charge is -2.32. The Labute approximate surface area is 229 Å². The molecule has 3 aliphatic rings. The average molecular weight is 528 g/mol. The van der Waals surface area contributed by atoms with Gasteiger partial charge in [0.25, 0.3) is 0 Å². The van der Waals surface area contributed by atoms with Gasteiger partial charge in [0.15, 0.2) is 0 Å². The van der Waals surface area contributed by atoms with Gasteiger partial charge in [0.2, 0.25) is 0 Å². The molecular formula is C30H37N7O2. The second kappa shape index (κ2) is 10.5. The average Bonchev–Trinajstić information content (AvgIpc) is 3.71. The number of hydrogen-bond donors (Lipinski definition) is 2. The molecule has 1 fully saturated rings. The molecule has 9 heteroatoms. The van der Waals surface area contributed by atoms with E-state index in [9.17, 15) is 4.79 Å². The van der Waals surface area contributed by atoms with Crippen molar-refractivity contribution in [1.29, 1.82) is 0 Å². The topological polar surface area (TPSA) is 89.2 Å². The summed E-state index contributed by atoms with van der Waals surface area (Å²) in [6.07, 6.45) is 13.9. The quantitative estimate of drug-likeness (QED) is 0.483. The SMILES string of the molecule is COCCN1CC(NC(=O)Nc2c(C)c(-c3cnn(C)c3)nn2C2=CC=CCC2)[C@@]2(CCc3ccccc32)C1. The molecule has 1 unspecified atom stereocenters. The Bertz CT molecular complexity index is 1430. The van der Waals surface area contributed by atoms with Gasteiger partial charge in [-0.1, -0.05) is 36.4 Å². The fourth-order valence-corrected chi connectivity index (χ4v) is 6.56. The van der Waals surface area contributed by atoms with Gasteiger partial charge in [-0.15, -0.1) is 0 Å². The van der Waals surface area contributed by atoms with Crippen LogP contribution in [0.4, 0.5) is 10.6 Å². The summed E-state index contributed by atoms with van der Waals surface area (Å²) >= 11 is 0. The van der Waals surface area contributed by atoms with Crippen LogP contribution in [0.1, 0.15) is 36.0 Å². The summed E-state index contributed by atoms with van der Waals surface area (Å²) in [4.78, 5) is 16.1. The molecule has 2 atom stereocenters. The predicted octanol–water partition coefficient (Wildman–Crippen LogP) is 4.12. The van der Waals surface area contributed by atoms with Crippen LogP contribution in [-0.2, 0) is 23.6 Å². The third-order valence-corrected chi connectivity index (χ3v) is 8.52. The highest BCUT2D eigenvalue weighted by Crippen LogP contribution is 2.45. The molecule has 2 aromatic heterocycles. The van der Waals surface area contributed by atoms with Crippen LogP contribution in [0.5, 0.6) is 0 Å². The maximum atomic E-state index is 13.7. The standard InChI is InChI=1S/C30H37N7O2/c1-21-27(23-17-31-35(2)18-23)34-37(24-10-5-4-6-11-24)28(21)33-29(38)32-26-19-36(15-16-39-3)20-30(26)14-13-22-9-7-8-12-25(22)30/h4-5,7-10,12,17-18,26H,6,11,13-16,19-20H2,1-3H3,(H2,32,33,38)/t26?,30-/m0/s1. The van der Waals surface area contributed by atoms with E-state index in [1.807, 2.05) is 31.0 Å². The third-order valence-electron chi connectivity index (χ3n) is 8.52. The van der Waals surface area contributed by atoms with Gasteiger partial charge in [0.1, 0.15) is 11.5 Å². The van der Waals surface area contributed by atoms with Crippen LogP contribution < -0.4 is 10.6 Å². The Morgan fingerprint density at radius 1 is 1.26 bits per heavy atom. The number of benzene rings is 1. The third kappa shape index (κ3) is 4.70. The van der Waals surface area contributed by atoms with Gasteiger partial charge < -0.3 is 10.1 Å². The number of methoxy groups -OCH3 is 1. The van der Waals surface area contributed by atoms with Crippen LogP contribution in [-0.4, -0.2) is 69.9 Å². The van der Waals surface area contributed by atoms with Gasteiger partial charge in [-0.25, -0.2) is 9.48 Å². The predicted molar refractivity (Wildman–Crippen MR) is 153 cm³/mol. The minimum Gasteiger partial charge on any atom is -0.383 e. The van der Waals surface area contributed by atoms with Crippen molar-refractivity contribution in [2.45, 2.75) is 44.1 Å². The first-order chi connectivity index (χ1) is 19.0. The van der Waals surface area contributed by atoms with Crippen LogP contribution in [0.25, 0.3) is 17.0 Å². The number of carbonyl (C=O) groups is 1. The molecular weight excluding hydrogens is 490 g/mol. The first-order valence-electron chi connectivity index (χ1n) is 13.8. The van der Waals surface area contributed by atoms with Crippen molar-refractivity contribution in [2.75, 3.05) is 38.7 Å². The maximum absolute atomic E-state index is 13.7. The number of urea groups is 1. The fraction of sp³-hybridized carbons (Fsp3) is 0.433. The summed E-state index contributed by atoms with van der Waals surface area (Å²) in [5.74, 6) is 0.697. The van der Waals surface area contributed by atoms with Gasteiger partial charge in [0.05, 0.1) is 18.8 Å². The van der Waals surface area contributed by atoms with E-state index in [0.717, 1.165) is 67.8 Å². The number of aryl methyl sites for hydroxylation is 2. The summed E-state index contributed by atoms with van der Waals surface area (Å²) in [5.41, 5.74) is 6.38. The van der Waals surface area contributed by atoms with Crippen LogP contribution >= 0.6 is 0 Å². The van der Waals surface area contributed by atoms with Gasteiger partial charge >= 0.3 is 6.03 Å². The summed E-state index contributed by atoms with van der Waals surface area (Å²) in [6, 6.07) is 8.50. The molecule has 1 aliphatic heterocycles. The Kier molecular flexibility index (Phi) is 6.86. The Hall–Kier alpha value is -3.69. The summed E-state index contributed by atoms with van der Waals surface area (Å²) in [6.45, 7) is 5.25. The molecule has 39 heavy (non-hydrogen) atoms. The first-order valence-corrected chi connectivity index (χ1v) is 13.8. The number of nitrogens with one attached hydrogen (secondary N) is 2. The molecule has 0 saturated carbocycles. The van der Waals surface area contributed by atoms with Crippen LogP contribution in [0.3, 0.4) is 0 Å². The molecule has 0 radical (unpaired) electrons. The molecule has 204 valence electrons. The molecule has 1 aromatic carbocycles. The number of carbonyl (C=O) groups excluding carboxylic acids is 1. The van der Waals surface area contributed by atoms with E-state index in [2.05, 4.69) is 63.1 Å². The minimum atomic E-state index is -0.203. The zero-order valence-electron chi connectivity index (χ0n) is 23.0. The fourth-order valence-electron chi connectivity index (χ4n) is 6.56. The molecule has 1 spiro atoms. The summed E-state index contributed by atoms with van der Waals surface area (Å²) in [7, 11) is 3.63. The molecule has 3 heterocycles. The molecule has 3 aromatic rings. The lowest BCUT2D eigenvalue weighted by molar-refractivity contribution is 0.157. The second-order valence-corrected chi connectivity index (χ2v) is 11.0. The van der Waals surface area contributed by atoms with Crippen LogP contribution in [0, 0.1) is 6.92 Å². The molecule has 2 N–H and O–H groups in total. The van der Waals surface area contributed by atoms with Crippen molar-refractivity contribution in [3.05, 3.63) is 71.6 Å². The van der Waals surface area contributed by atoms with E-state index >= 15 is 0 Å². The number of hydrogen-bond acceptors (Lipinski definition) is 5. The molecule has 9 nitrogen and oxygen atoms in total. The Morgan fingerprint density at radius 2 is 2.13 bits per heavy atom. The lowest BCUT2D eigenvalue weighted by atomic mass is 9.77. The van der Waals surface area contributed by atoms with E-state index < -0.39 is 0 Å². The lowest BCUT2D eigenvalue weighted by Crippen LogP contribution is -2.50. The minimum absolute atomic E-state index is 0.00990. The number of allylic oxidation sites excluding steroid dienone is 4. The summed E-state index contributed by atoms with van der Waals surface area (Å²) < 4.78 is 9.04. The van der Waals surface area contributed by atoms with Crippen molar-refractivity contribution in [3.63, 3.8) is 0 Å². The Balaban J connectivity index is 1.29. The largest absolute Gasteiger partial charge is 0.383 e. The van der Waals surface area contributed by atoms with E-state index in [1.165, 1.54) is 11.1 Å². The monoisotopic (exact) mass is 527 g/mol. The molecule has 2 amide bonds. The van der Waals surface area contributed by atoms with Crippen LogP contribution in [0.15, 0.2) is 54.9 Å². The van der Waals surface area contributed by atoms with Crippen molar-refractivity contribution < 1.29 is 9.53 Å². The van der Waals surface area contributed by atoms with E-state index in [-0.39, 0.29) is 17.5 Å². The number of likely N-dealkylation sites (tertiary alicyclic amines) is 1. The zero-order chi connectivity index (χ0) is 27.0. The number of fused-ring (bicyclic) bond motifs is 2. The number of aromatic nitrogens is 4. The molecule has 1 saturated heterocycles.